The van der Waals surface area contributed by atoms with E-state index in [1.165, 1.54) is 0 Å². The Morgan fingerprint density at radius 2 is 1.42 bits per heavy atom. The minimum atomic E-state index is -0.239. The molecule has 1 fully saturated rings. The van der Waals surface area contributed by atoms with Gasteiger partial charge in [-0.25, -0.2) is 0 Å². The van der Waals surface area contributed by atoms with Crippen molar-refractivity contribution in [2.24, 2.45) is 11.3 Å². The monoisotopic (exact) mass is 326 g/mol. The number of allylic oxidation sites excluding steroid dienone is 2. The average molecular weight is 326 g/mol. The Hall–Kier alpha value is -2.10. The largest absolute Gasteiger partial charge is 0.479 e. The summed E-state index contributed by atoms with van der Waals surface area (Å²) in [5.41, 5.74) is 1.01. The van der Waals surface area contributed by atoms with E-state index in [0.29, 0.717) is 17.0 Å². The predicted molar refractivity (Wildman–Crippen MR) is 88.7 cm³/mol. The molecule has 2 aliphatic carbocycles. The van der Waals surface area contributed by atoms with Crippen molar-refractivity contribution >= 4 is 11.6 Å². The molecule has 0 saturated heterocycles. The van der Waals surface area contributed by atoms with Crippen LogP contribution in [0.4, 0.5) is 0 Å². The first-order valence-electron chi connectivity index (χ1n) is 8.62. The van der Waals surface area contributed by atoms with Crippen LogP contribution in [-0.2, 0) is 9.47 Å². The van der Waals surface area contributed by atoms with E-state index in [1.807, 2.05) is 0 Å². The van der Waals surface area contributed by atoms with E-state index in [1.54, 1.807) is 24.3 Å². The second-order valence-corrected chi connectivity index (χ2v) is 8.05. The molecule has 3 aliphatic rings. The maximum absolute atomic E-state index is 12.7. The second kappa shape index (κ2) is 5.20. The summed E-state index contributed by atoms with van der Waals surface area (Å²) >= 11 is 0. The molecule has 3 atom stereocenters. The van der Waals surface area contributed by atoms with Gasteiger partial charge >= 0.3 is 0 Å². The Kier molecular flexibility index (Phi) is 3.34. The summed E-state index contributed by atoms with van der Waals surface area (Å²) in [6, 6.07) is 6.87. The van der Waals surface area contributed by atoms with Crippen LogP contribution in [0.1, 0.15) is 60.7 Å². The Balaban J connectivity index is 1.67. The summed E-state index contributed by atoms with van der Waals surface area (Å²) in [5.74, 6) is 0.253. The van der Waals surface area contributed by atoms with Crippen molar-refractivity contribution in [3.8, 4) is 0 Å². The van der Waals surface area contributed by atoms with E-state index in [-0.39, 0.29) is 40.7 Å². The molecular formula is C20H22O4. The van der Waals surface area contributed by atoms with Crippen LogP contribution in [0.2, 0.25) is 0 Å². The minimum absolute atomic E-state index is 0.106. The van der Waals surface area contributed by atoms with E-state index < -0.39 is 0 Å². The van der Waals surface area contributed by atoms with Gasteiger partial charge in [-0.15, -0.1) is 0 Å². The predicted octanol–water partition coefficient (Wildman–Crippen LogP) is 3.91. The molecule has 126 valence electrons. The molecule has 4 heteroatoms. The zero-order chi connectivity index (χ0) is 17.1. The fraction of sp³-hybridized carbons (Fsp3) is 0.500. The maximum atomic E-state index is 12.7. The zero-order valence-electron chi connectivity index (χ0n) is 14.3. The van der Waals surface area contributed by atoms with Crippen molar-refractivity contribution in [3.63, 3.8) is 0 Å². The number of ketones is 2. The second-order valence-electron chi connectivity index (χ2n) is 8.05. The fourth-order valence-electron chi connectivity index (χ4n) is 3.99. The highest BCUT2D eigenvalue weighted by Gasteiger charge is 2.46. The molecule has 1 aromatic carbocycles. The van der Waals surface area contributed by atoms with Crippen LogP contribution in [0.15, 0.2) is 35.8 Å². The quantitative estimate of drug-likeness (QED) is 0.725. The number of benzene rings is 1. The molecule has 1 saturated carbocycles. The maximum Gasteiger partial charge on any atom is 0.232 e. The number of hydrogen-bond donors (Lipinski definition) is 0. The lowest BCUT2D eigenvalue weighted by molar-refractivity contribution is -0.0984. The lowest BCUT2D eigenvalue weighted by atomic mass is 9.70. The number of rotatable bonds is 0. The minimum Gasteiger partial charge on any atom is -0.479 e. The highest BCUT2D eigenvalue weighted by Crippen LogP contribution is 2.44. The third kappa shape index (κ3) is 2.27. The third-order valence-corrected chi connectivity index (χ3v) is 5.53. The standard InChI is InChI=1S/C20H22O4/c1-20(2,3)11-8-9-14-15(10-11)24-19-17(22)13-7-5-4-6-12(13)16(21)18(19)23-14/h4-7,11,14-15H,8-10H2,1-3H3. The normalized spacial score (nSPS) is 29.2. The topological polar surface area (TPSA) is 52.6 Å². The van der Waals surface area contributed by atoms with Gasteiger partial charge in [-0.3, -0.25) is 9.59 Å². The van der Waals surface area contributed by atoms with Gasteiger partial charge in [0.1, 0.15) is 12.2 Å². The molecule has 0 spiro atoms. The average Bonchev–Trinajstić information content (AvgIpc) is 2.57. The van der Waals surface area contributed by atoms with E-state index in [2.05, 4.69) is 20.8 Å². The van der Waals surface area contributed by atoms with Crippen LogP contribution < -0.4 is 0 Å². The molecule has 0 amide bonds. The van der Waals surface area contributed by atoms with Crippen LogP contribution in [0, 0.1) is 11.3 Å². The van der Waals surface area contributed by atoms with Crippen molar-refractivity contribution in [1.29, 1.82) is 0 Å². The third-order valence-electron chi connectivity index (χ3n) is 5.53. The van der Waals surface area contributed by atoms with Crippen LogP contribution >= 0.6 is 0 Å². The molecule has 0 N–H and O–H groups in total. The highest BCUT2D eigenvalue weighted by atomic mass is 16.6. The molecule has 4 nitrogen and oxygen atoms in total. The lowest BCUT2D eigenvalue weighted by Gasteiger charge is -2.44. The number of hydrogen-bond acceptors (Lipinski definition) is 4. The van der Waals surface area contributed by atoms with Gasteiger partial charge in [0.05, 0.1) is 0 Å². The summed E-state index contributed by atoms with van der Waals surface area (Å²) in [7, 11) is 0. The first-order chi connectivity index (χ1) is 11.4. The molecule has 0 radical (unpaired) electrons. The molecule has 1 aromatic rings. The van der Waals surface area contributed by atoms with Crippen LogP contribution in [0.5, 0.6) is 0 Å². The van der Waals surface area contributed by atoms with Crippen LogP contribution in [-0.4, -0.2) is 23.8 Å². The summed E-state index contributed by atoms with van der Waals surface area (Å²) in [6.07, 6.45) is 2.48. The molecule has 0 aromatic heterocycles. The van der Waals surface area contributed by atoms with Crippen molar-refractivity contribution in [3.05, 3.63) is 46.9 Å². The van der Waals surface area contributed by atoms with Gasteiger partial charge in [-0.2, -0.15) is 0 Å². The molecule has 24 heavy (non-hydrogen) atoms. The Morgan fingerprint density at radius 3 is 1.96 bits per heavy atom. The molecular weight excluding hydrogens is 304 g/mol. The molecule has 1 heterocycles. The number of carbonyl (C=O) groups is 2. The van der Waals surface area contributed by atoms with Gasteiger partial charge in [-0.05, 0) is 30.6 Å². The van der Waals surface area contributed by atoms with Crippen molar-refractivity contribution in [1.82, 2.24) is 0 Å². The van der Waals surface area contributed by atoms with E-state index in [9.17, 15) is 9.59 Å². The van der Waals surface area contributed by atoms with Gasteiger partial charge < -0.3 is 9.47 Å². The summed E-state index contributed by atoms with van der Waals surface area (Å²) in [6.45, 7) is 6.70. The molecule has 0 bridgehead atoms. The van der Waals surface area contributed by atoms with Crippen molar-refractivity contribution in [2.45, 2.75) is 52.2 Å². The summed E-state index contributed by atoms with van der Waals surface area (Å²) in [4.78, 5) is 25.4. The Bertz CT molecular complexity index is 753. The smallest absolute Gasteiger partial charge is 0.232 e. The Morgan fingerprint density at radius 1 is 0.875 bits per heavy atom. The Labute approximate surface area is 141 Å². The van der Waals surface area contributed by atoms with E-state index >= 15 is 0 Å². The highest BCUT2D eigenvalue weighted by molar-refractivity contribution is 6.25. The number of Topliss-reactive ketones (excluding diaryl/α,β-unsaturated/α-hetero) is 2. The van der Waals surface area contributed by atoms with Gasteiger partial charge in [0.15, 0.2) is 0 Å². The van der Waals surface area contributed by atoms with E-state index in [0.717, 1.165) is 19.3 Å². The van der Waals surface area contributed by atoms with Gasteiger partial charge in [-0.1, -0.05) is 45.0 Å². The molecule has 3 unspecified atom stereocenters. The van der Waals surface area contributed by atoms with Gasteiger partial charge in [0.25, 0.3) is 0 Å². The first-order valence-corrected chi connectivity index (χ1v) is 8.62. The lowest BCUT2D eigenvalue weighted by Crippen LogP contribution is -2.46. The van der Waals surface area contributed by atoms with E-state index in [4.69, 9.17) is 9.47 Å². The molecule has 1 aliphatic heterocycles. The van der Waals surface area contributed by atoms with Crippen molar-refractivity contribution in [2.75, 3.05) is 0 Å². The summed E-state index contributed by atoms with van der Waals surface area (Å²) < 4.78 is 12.0. The fourth-order valence-corrected chi connectivity index (χ4v) is 3.99. The molecule has 4 rings (SSSR count). The zero-order valence-corrected chi connectivity index (χ0v) is 14.3. The summed E-state index contributed by atoms with van der Waals surface area (Å²) in [5, 5.41) is 0. The number of ether oxygens (including phenoxy) is 2. The first kappa shape index (κ1) is 15.4. The van der Waals surface area contributed by atoms with Gasteiger partial charge in [0, 0.05) is 11.1 Å². The van der Waals surface area contributed by atoms with Crippen LogP contribution in [0.25, 0.3) is 0 Å². The van der Waals surface area contributed by atoms with Gasteiger partial charge in [0.2, 0.25) is 23.1 Å². The SMILES string of the molecule is CC(C)(C)C1CCC2OC3=C(OC2C1)C(=O)c1ccccc1C3=O. The van der Waals surface area contributed by atoms with Crippen LogP contribution in [0.3, 0.4) is 0 Å². The number of carbonyl (C=O) groups excluding carboxylic acids is 2. The van der Waals surface area contributed by atoms with Crippen molar-refractivity contribution < 1.29 is 19.1 Å². The number of fused-ring (bicyclic) bond motifs is 2.